The van der Waals surface area contributed by atoms with Crippen LogP contribution in [0.4, 0.5) is 4.79 Å². The van der Waals surface area contributed by atoms with Gasteiger partial charge in [0.2, 0.25) is 0 Å². The van der Waals surface area contributed by atoms with Crippen molar-refractivity contribution in [2.75, 3.05) is 20.3 Å². The Labute approximate surface area is 137 Å². The van der Waals surface area contributed by atoms with Gasteiger partial charge in [-0.3, -0.25) is 4.90 Å². The normalized spacial score (nSPS) is 23.7. The predicted molar refractivity (Wildman–Crippen MR) is 86.9 cm³/mol. The van der Waals surface area contributed by atoms with Crippen molar-refractivity contribution >= 4 is 6.09 Å². The number of rotatable bonds is 1. The summed E-state index contributed by atoms with van der Waals surface area (Å²) in [5, 5.41) is 0. The van der Waals surface area contributed by atoms with Crippen LogP contribution in [-0.4, -0.2) is 49.0 Å². The minimum atomic E-state index is -0.485. The quantitative estimate of drug-likeness (QED) is 0.798. The topological polar surface area (TPSA) is 48.0 Å². The Kier molecular flexibility index (Phi) is 4.23. The van der Waals surface area contributed by atoms with Gasteiger partial charge in [-0.1, -0.05) is 12.1 Å². The number of carbonyl (C=O) groups excluding carboxylic acids is 1. The van der Waals surface area contributed by atoms with Crippen molar-refractivity contribution in [3.63, 3.8) is 0 Å². The highest BCUT2D eigenvalue weighted by atomic mass is 16.6. The molecule has 5 nitrogen and oxygen atoms in total. The Balaban J connectivity index is 1.84. The second-order valence-corrected chi connectivity index (χ2v) is 7.16. The summed E-state index contributed by atoms with van der Waals surface area (Å²) in [4.78, 5) is 14.4. The average molecular weight is 319 g/mol. The van der Waals surface area contributed by atoms with Crippen molar-refractivity contribution in [2.45, 2.75) is 51.4 Å². The van der Waals surface area contributed by atoms with Crippen LogP contribution in [0.5, 0.6) is 5.75 Å². The summed E-state index contributed by atoms with van der Waals surface area (Å²) in [7, 11) is 1.69. The maximum absolute atomic E-state index is 12.5. The van der Waals surface area contributed by atoms with Gasteiger partial charge in [0.1, 0.15) is 11.4 Å². The largest absolute Gasteiger partial charge is 0.496 e. The molecule has 0 aromatic heterocycles. The molecule has 5 heteroatoms. The van der Waals surface area contributed by atoms with E-state index in [1.54, 1.807) is 7.11 Å². The van der Waals surface area contributed by atoms with Crippen LogP contribution in [0, 0.1) is 0 Å². The summed E-state index contributed by atoms with van der Waals surface area (Å²) in [6.07, 6.45) is 1.29. The second kappa shape index (κ2) is 6.04. The van der Waals surface area contributed by atoms with E-state index in [1.165, 1.54) is 11.1 Å². The summed E-state index contributed by atoms with van der Waals surface area (Å²) in [5.74, 6) is 0.902. The first-order chi connectivity index (χ1) is 10.9. The molecular weight excluding hydrogens is 294 g/mol. The maximum Gasteiger partial charge on any atom is 0.410 e. The van der Waals surface area contributed by atoms with E-state index in [4.69, 9.17) is 14.2 Å². The molecule has 0 bridgehead atoms. The highest BCUT2D eigenvalue weighted by Crippen LogP contribution is 2.34. The lowest BCUT2D eigenvalue weighted by atomic mass is 9.84. The van der Waals surface area contributed by atoms with Crippen molar-refractivity contribution < 1.29 is 19.0 Å². The molecule has 1 aromatic carbocycles. The molecule has 3 rings (SSSR count). The maximum atomic E-state index is 12.5. The standard InChI is InChI=1S/C18H25NO4/c1-18(2,3)23-17(20)19-8-9-22-16-11-13-12(10-14(16)19)6-5-7-15(13)21-4/h5-7,14,16H,8-11H2,1-4H3. The molecule has 1 aliphatic carbocycles. The van der Waals surface area contributed by atoms with Crippen LogP contribution in [0.2, 0.25) is 0 Å². The molecule has 0 N–H and O–H groups in total. The molecule has 1 heterocycles. The smallest absolute Gasteiger partial charge is 0.410 e. The summed E-state index contributed by atoms with van der Waals surface area (Å²) in [6.45, 7) is 6.80. The number of methoxy groups -OCH3 is 1. The Morgan fingerprint density at radius 1 is 1.30 bits per heavy atom. The van der Waals surface area contributed by atoms with Gasteiger partial charge < -0.3 is 14.2 Å². The van der Waals surface area contributed by atoms with Crippen molar-refractivity contribution in [2.24, 2.45) is 0 Å². The molecule has 1 aromatic rings. The third-order valence-electron chi connectivity index (χ3n) is 4.41. The van der Waals surface area contributed by atoms with Crippen LogP contribution >= 0.6 is 0 Å². The molecule has 126 valence electrons. The number of hydrogen-bond acceptors (Lipinski definition) is 4. The first-order valence-electron chi connectivity index (χ1n) is 8.15. The van der Waals surface area contributed by atoms with E-state index in [-0.39, 0.29) is 18.2 Å². The fourth-order valence-electron chi connectivity index (χ4n) is 3.42. The lowest BCUT2D eigenvalue weighted by Crippen LogP contribution is -2.57. The van der Waals surface area contributed by atoms with E-state index in [9.17, 15) is 4.79 Å². The molecule has 0 spiro atoms. The molecule has 2 unspecified atom stereocenters. The monoisotopic (exact) mass is 319 g/mol. The number of carbonyl (C=O) groups is 1. The van der Waals surface area contributed by atoms with Crippen LogP contribution in [-0.2, 0) is 22.3 Å². The fourth-order valence-corrected chi connectivity index (χ4v) is 3.42. The molecule has 1 saturated heterocycles. The molecular formula is C18H25NO4. The molecule has 23 heavy (non-hydrogen) atoms. The summed E-state index contributed by atoms with van der Waals surface area (Å²) >= 11 is 0. The van der Waals surface area contributed by atoms with E-state index in [1.807, 2.05) is 37.8 Å². The van der Waals surface area contributed by atoms with Gasteiger partial charge in [0.05, 0.1) is 25.9 Å². The van der Waals surface area contributed by atoms with Gasteiger partial charge in [0, 0.05) is 18.5 Å². The van der Waals surface area contributed by atoms with Gasteiger partial charge >= 0.3 is 6.09 Å². The highest BCUT2D eigenvalue weighted by Gasteiger charge is 2.41. The van der Waals surface area contributed by atoms with E-state index in [2.05, 4.69) is 6.07 Å². The zero-order valence-electron chi connectivity index (χ0n) is 14.3. The van der Waals surface area contributed by atoms with Gasteiger partial charge in [-0.2, -0.15) is 0 Å². The van der Waals surface area contributed by atoms with Gasteiger partial charge in [-0.05, 0) is 38.8 Å². The number of hydrogen-bond donors (Lipinski definition) is 0. The minimum absolute atomic E-state index is 0.0000633. The number of amides is 1. The van der Waals surface area contributed by atoms with Crippen LogP contribution in [0.3, 0.4) is 0 Å². The zero-order chi connectivity index (χ0) is 16.6. The molecule has 1 fully saturated rings. The molecule has 1 aliphatic heterocycles. The van der Waals surface area contributed by atoms with Crippen molar-refractivity contribution in [1.29, 1.82) is 0 Å². The predicted octanol–water partition coefficient (Wildman–Crippen LogP) is 2.80. The second-order valence-electron chi connectivity index (χ2n) is 7.16. The average Bonchev–Trinajstić information content (AvgIpc) is 2.50. The Morgan fingerprint density at radius 3 is 2.78 bits per heavy atom. The molecule has 0 radical (unpaired) electrons. The van der Waals surface area contributed by atoms with E-state index >= 15 is 0 Å². The van der Waals surface area contributed by atoms with E-state index in [0.29, 0.717) is 13.2 Å². The van der Waals surface area contributed by atoms with Crippen molar-refractivity contribution in [3.8, 4) is 5.75 Å². The van der Waals surface area contributed by atoms with Gasteiger partial charge in [-0.25, -0.2) is 4.79 Å². The van der Waals surface area contributed by atoms with Gasteiger partial charge in [-0.15, -0.1) is 0 Å². The molecule has 1 amide bonds. The number of benzene rings is 1. The number of morpholine rings is 1. The van der Waals surface area contributed by atoms with Crippen LogP contribution in [0.15, 0.2) is 18.2 Å². The number of nitrogens with zero attached hydrogens (tertiary/aromatic N) is 1. The highest BCUT2D eigenvalue weighted by molar-refractivity contribution is 5.69. The minimum Gasteiger partial charge on any atom is -0.496 e. The van der Waals surface area contributed by atoms with Crippen LogP contribution in [0.1, 0.15) is 31.9 Å². The Hall–Kier alpha value is -1.75. The first kappa shape index (κ1) is 16.1. The van der Waals surface area contributed by atoms with Crippen LogP contribution in [0.25, 0.3) is 0 Å². The third kappa shape index (κ3) is 3.29. The summed E-state index contributed by atoms with van der Waals surface area (Å²) < 4.78 is 17.0. The SMILES string of the molecule is COc1cccc2c1CC1OCCN(C(=O)OC(C)(C)C)C1C2. The number of fused-ring (bicyclic) bond motifs is 2. The molecule has 0 saturated carbocycles. The van der Waals surface area contributed by atoms with E-state index in [0.717, 1.165) is 18.6 Å². The lowest BCUT2D eigenvalue weighted by Gasteiger charge is -2.44. The van der Waals surface area contributed by atoms with Gasteiger partial charge in [0.25, 0.3) is 0 Å². The summed E-state index contributed by atoms with van der Waals surface area (Å²) in [6, 6.07) is 6.11. The number of ether oxygens (including phenoxy) is 3. The molecule has 2 atom stereocenters. The zero-order valence-corrected chi connectivity index (χ0v) is 14.3. The van der Waals surface area contributed by atoms with Crippen LogP contribution < -0.4 is 4.74 Å². The lowest BCUT2D eigenvalue weighted by molar-refractivity contribution is -0.0783. The van der Waals surface area contributed by atoms with Gasteiger partial charge in [0.15, 0.2) is 0 Å². The fraction of sp³-hybridized carbons (Fsp3) is 0.611. The van der Waals surface area contributed by atoms with Crippen molar-refractivity contribution in [3.05, 3.63) is 29.3 Å². The van der Waals surface area contributed by atoms with Crippen molar-refractivity contribution in [1.82, 2.24) is 4.90 Å². The van der Waals surface area contributed by atoms with E-state index < -0.39 is 5.60 Å². The summed E-state index contributed by atoms with van der Waals surface area (Å²) in [5.41, 5.74) is 1.94. The third-order valence-corrected chi connectivity index (χ3v) is 4.41. The molecule has 2 aliphatic rings. The Morgan fingerprint density at radius 2 is 2.09 bits per heavy atom. The first-order valence-corrected chi connectivity index (χ1v) is 8.15. The Bertz CT molecular complexity index is 593.